The lowest BCUT2D eigenvalue weighted by Gasteiger charge is -2.34. The molecular formula is C16H23N5O2S. The second-order valence-corrected chi connectivity index (χ2v) is 8.15. The summed E-state index contributed by atoms with van der Waals surface area (Å²) in [4.78, 5) is 6.40. The molecule has 1 aromatic rings. The van der Waals surface area contributed by atoms with E-state index in [0.29, 0.717) is 19.5 Å². The van der Waals surface area contributed by atoms with E-state index in [4.69, 9.17) is 5.26 Å². The number of hydrogen-bond donors (Lipinski definition) is 1. The maximum Gasteiger partial charge on any atom is 0.240 e. The Morgan fingerprint density at radius 1 is 1.12 bits per heavy atom. The van der Waals surface area contributed by atoms with E-state index >= 15 is 0 Å². The molecule has 0 spiro atoms. The van der Waals surface area contributed by atoms with Gasteiger partial charge in [0.25, 0.3) is 0 Å². The van der Waals surface area contributed by atoms with Crippen LogP contribution in [0.1, 0.15) is 6.42 Å². The molecule has 0 bridgehead atoms. The molecule has 1 aromatic carbocycles. The summed E-state index contributed by atoms with van der Waals surface area (Å²) in [7, 11) is -1.44. The standard InChI is InChI=1S/C16H23N5O2S/c1-19-8-10-21(11-9-19)15-2-4-16(5-3-15)24(22,23)18-14-6-7-20(12-14)13-17/h2-5,14,18H,6-12H2,1H3. The first-order chi connectivity index (χ1) is 11.5. The average molecular weight is 349 g/mol. The number of likely N-dealkylation sites (tertiary alicyclic amines) is 1. The molecule has 2 aliphatic heterocycles. The summed E-state index contributed by atoms with van der Waals surface area (Å²) in [5.41, 5.74) is 1.05. The van der Waals surface area contributed by atoms with Crippen LogP contribution in [0.15, 0.2) is 29.2 Å². The van der Waals surface area contributed by atoms with Crippen LogP contribution in [0.25, 0.3) is 0 Å². The van der Waals surface area contributed by atoms with Gasteiger partial charge < -0.3 is 14.7 Å². The zero-order valence-electron chi connectivity index (χ0n) is 13.9. The van der Waals surface area contributed by atoms with Gasteiger partial charge in [-0.05, 0) is 37.7 Å². The molecule has 0 aromatic heterocycles. The molecule has 2 fully saturated rings. The van der Waals surface area contributed by atoms with Crippen molar-refractivity contribution < 1.29 is 8.42 Å². The van der Waals surface area contributed by atoms with Crippen LogP contribution in [0.5, 0.6) is 0 Å². The molecule has 1 N–H and O–H groups in total. The lowest BCUT2D eigenvalue weighted by molar-refractivity contribution is 0.313. The minimum absolute atomic E-state index is 0.202. The van der Waals surface area contributed by atoms with E-state index in [-0.39, 0.29) is 10.9 Å². The summed E-state index contributed by atoms with van der Waals surface area (Å²) in [6.45, 7) is 4.97. The Bertz CT molecular complexity index is 705. The summed E-state index contributed by atoms with van der Waals surface area (Å²) in [6, 6.07) is 6.86. The molecule has 0 radical (unpaired) electrons. The number of sulfonamides is 1. The number of benzene rings is 1. The number of piperazine rings is 1. The third kappa shape index (κ3) is 3.80. The Labute approximate surface area is 143 Å². The number of rotatable bonds is 4. The van der Waals surface area contributed by atoms with Gasteiger partial charge in [0.1, 0.15) is 0 Å². The highest BCUT2D eigenvalue weighted by molar-refractivity contribution is 7.89. The second-order valence-electron chi connectivity index (χ2n) is 6.44. The van der Waals surface area contributed by atoms with Gasteiger partial charge in [0.05, 0.1) is 4.90 Å². The van der Waals surface area contributed by atoms with E-state index in [9.17, 15) is 8.42 Å². The van der Waals surface area contributed by atoms with Crippen LogP contribution in [-0.4, -0.2) is 70.6 Å². The molecule has 130 valence electrons. The first-order valence-electron chi connectivity index (χ1n) is 8.18. The van der Waals surface area contributed by atoms with Gasteiger partial charge in [-0.2, -0.15) is 5.26 Å². The maximum atomic E-state index is 12.5. The van der Waals surface area contributed by atoms with E-state index in [1.54, 1.807) is 17.0 Å². The van der Waals surface area contributed by atoms with Gasteiger partial charge in [-0.15, -0.1) is 0 Å². The predicted octanol–water partition coefficient (Wildman–Crippen LogP) is 0.272. The van der Waals surface area contributed by atoms with Crippen LogP contribution < -0.4 is 9.62 Å². The van der Waals surface area contributed by atoms with Gasteiger partial charge in [0.15, 0.2) is 6.19 Å². The summed E-state index contributed by atoms with van der Waals surface area (Å²) >= 11 is 0. The molecule has 1 atom stereocenters. The summed E-state index contributed by atoms with van der Waals surface area (Å²) < 4.78 is 27.7. The number of nitrogens with one attached hydrogen (secondary N) is 1. The molecular weight excluding hydrogens is 326 g/mol. The van der Waals surface area contributed by atoms with Crippen LogP contribution >= 0.6 is 0 Å². The molecule has 2 heterocycles. The first kappa shape index (κ1) is 17.0. The minimum atomic E-state index is -3.54. The van der Waals surface area contributed by atoms with Crippen molar-refractivity contribution in [2.75, 3.05) is 51.2 Å². The minimum Gasteiger partial charge on any atom is -0.369 e. The summed E-state index contributed by atoms with van der Waals surface area (Å²) in [5, 5.41) is 8.86. The van der Waals surface area contributed by atoms with Crippen LogP contribution in [0, 0.1) is 11.5 Å². The fraction of sp³-hybridized carbons (Fsp3) is 0.562. The molecule has 3 rings (SSSR count). The van der Waals surface area contributed by atoms with Crippen molar-refractivity contribution in [3.8, 4) is 6.19 Å². The van der Waals surface area contributed by atoms with Crippen LogP contribution in [-0.2, 0) is 10.0 Å². The fourth-order valence-corrected chi connectivity index (χ4v) is 4.40. The molecule has 8 heteroatoms. The molecule has 0 aliphatic carbocycles. The topological polar surface area (TPSA) is 79.7 Å². The predicted molar refractivity (Wildman–Crippen MR) is 92.1 cm³/mol. The third-order valence-electron chi connectivity index (χ3n) is 4.67. The van der Waals surface area contributed by atoms with Crippen molar-refractivity contribution in [1.82, 2.24) is 14.5 Å². The van der Waals surface area contributed by atoms with Crippen molar-refractivity contribution in [3.05, 3.63) is 24.3 Å². The lowest BCUT2D eigenvalue weighted by atomic mass is 10.2. The van der Waals surface area contributed by atoms with Crippen LogP contribution in [0.4, 0.5) is 5.69 Å². The number of hydrogen-bond acceptors (Lipinski definition) is 6. The normalized spacial score (nSPS) is 22.6. The summed E-state index contributed by atoms with van der Waals surface area (Å²) in [5.74, 6) is 0. The molecule has 0 amide bonds. The Morgan fingerprint density at radius 3 is 2.38 bits per heavy atom. The number of nitrogens with zero attached hydrogens (tertiary/aromatic N) is 4. The van der Waals surface area contributed by atoms with E-state index < -0.39 is 10.0 Å². The Hall–Kier alpha value is -1.82. The zero-order chi connectivity index (χ0) is 17.2. The average Bonchev–Trinajstić information content (AvgIpc) is 3.02. The summed E-state index contributed by atoms with van der Waals surface area (Å²) in [6.07, 6.45) is 2.71. The smallest absolute Gasteiger partial charge is 0.240 e. The zero-order valence-corrected chi connectivity index (χ0v) is 14.7. The highest BCUT2D eigenvalue weighted by Crippen LogP contribution is 2.20. The molecule has 7 nitrogen and oxygen atoms in total. The Balaban J connectivity index is 1.65. The highest BCUT2D eigenvalue weighted by atomic mass is 32.2. The largest absolute Gasteiger partial charge is 0.369 e. The number of anilines is 1. The van der Waals surface area contributed by atoms with Crippen LogP contribution in [0.2, 0.25) is 0 Å². The molecule has 24 heavy (non-hydrogen) atoms. The van der Waals surface area contributed by atoms with Crippen molar-refractivity contribution in [1.29, 1.82) is 5.26 Å². The monoisotopic (exact) mass is 349 g/mol. The van der Waals surface area contributed by atoms with Gasteiger partial charge in [-0.3, -0.25) is 0 Å². The molecule has 0 saturated carbocycles. The van der Waals surface area contributed by atoms with Gasteiger partial charge in [0, 0.05) is 51.0 Å². The van der Waals surface area contributed by atoms with Gasteiger partial charge >= 0.3 is 0 Å². The van der Waals surface area contributed by atoms with Gasteiger partial charge in [-0.1, -0.05) is 0 Å². The van der Waals surface area contributed by atoms with Gasteiger partial charge in [-0.25, -0.2) is 13.1 Å². The lowest BCUT2D eigenvalue weighted by Crippen LogP contribution is -2.44. The molecule has 2 saturated heterocycles. The first-order valence-corrected chi connectivity index (χ1v) is 9.67. The second kappa shape index (κ2) is 6.97. The van der Waals surface area contributed by atoms with Crippen molar-refractivity contribution in [2.45, 2.75) is 17.4 Å². The maximum absolute atomic E-state index is 12.5. The van der Waals surface area contributed by atoms with Crippen molar-refractivity contribution >= 4 is 15.7 Å². The van der Waals surface area contributed by atoms with Crippen LogP contribution in [0.3, 0.4) is 0 Å². The number of likely N-dealkylation sites (N-methyl/N-ethyl adjacent to an activating group) is 1. The van der Waals surface area contributed by atoms with Crippen molar-refractivity contribution in [3.63, 3.8) is 0 Å². The fourth-order valence-electron chi connectivity index (χ4n) is 3.14. The van der Waals surface area contributed by atoms with E-state index in [1.165, 1.54) is 0 Å². The van der Waals surface area contributed by atoms with Crippen molar-refractivity contribution in [2.24, 2.45) is 0 Å². The van der Waals surface area contributed by atoms with E-state index in [1.807, 2.05) is 12.1 Å². The number of nitriles is 1. The molecule has 2 aliphatic rings. The van der Waals surface area contributed by atoms with E-state index in [0.717, 1.165) is 31.9 Å². The Morgan fingerprint density at radius 2 is 1.79 bits per heavy atom. The van der Waals surface area contributed by atoms with E-state index in [2.05, 4.69) is 27.8 Å². The van der Waals surface area contributed by atoms with Gasteiger partial charge in [0.2, 0.25) is 10.0 Å². The quantitative estimate of drug-likeness (QED) is 0.786. The SMILES string of the molecule is CN1CCN(c2ccc(S(=O)(=O)NC3CCN(C#N)C3)cc2)CC1. The Kier molecular flexibility index (Phi) is 4.94. The highest BCUT2D eigenvalue weighted by Gasteiger charge is 2.27. The molecule has 1 unspecified atom stereocenters. The third-order valence-corrected chi connectivity index (χ3v) is 6.20.